The van der Waals surface area contributed by atoms with Gasteiger partial charge < -0.3 is 15.0 Å². The van der Waals surface area contributed by atoms with Gasteiger partial charge in [-0.1, -0.05) is 6.07 Å². The molecule has 2 heterocycles. The van der Waals surface area contributed by atoms with E-state index in [2.05, 4.69) is 28.4 Å². The van der Waals surface area contributed by atoms with E-state index in [9.17, 15) is 0 Å². The molecule has 0 bridgehead atoms. The molecule has 1 atom stereocenters. The monoisotopic (exact) mass is 261 g/mol. The third-order valence-electron chi connectivity index (χ3n) is 3.95. The van der Waals surface area contributed by atoms with Crippen molar-refractivity contribution in [3.8, 4) is 0 Å². The van der Waals surface area contributed by atoms with Crippen LogP contribution < -0.4 is 10.2 Å². The van der Waals surface area contributed by atoms with E-state index in [0.717, 1.165) is 43.8 Å². The van der Waals surface area contributed by atoms with E-state index in [-0.39, 0.29) is 0 Å². The van der Waals surface area contributed by atoms with Crippen molar-refractivity contribution in [2.75, 3.05) is 31.7 Å². The number of methoxy groups -OCH3 is 1. The molecule has 0 spiro atoms. The van der Waals surface area contributed by atoms with Crippen LogP contribution in [0.5, 0.6) is 0 Å². The van der Waals surface area contributed by atoms with Crippen LogP contribution in [0.2, 0.25) is 0 Å². The van der Waals surface area contributed by atoms with Crippen LogP contribution in [0.1, 0.15) is 25.0 Å². The van der Waals surface area contributed by atoms with Gasteiger partial charge in [-0.05, 0) is 31.4 Å². The van der Waals surface area contributed by atoms with Crippen LogP contribution in [0, 0.1) is 5.92 Å². The Morgan fingerprint density at radius 2 is 2.26 bits per heavy atom. The van der Waals surface area contributed by atoms with Crippen LogP contribution in [-0.2, 0) is 11.3 Å². The molecule has 0 radical (unpaired) electrons. The van der Waals surface area contributed by atoms with E-state index in [0.29, 0.717) is 5.92 Å². The van der Waals surface area contributed by atoms with Crippen LogP contribution >= 0.6 is 0 Å². The van der Waals surface area contributed by atoms with Crippen LogP contribution in [0.25, 0.3) is 0 Å². The average Bonchev–Trinajstić information content (AvgIpc) is 3.15. The molecule has 1 unspecified atom stereocenters. The quantitative estimate of drug-likeness (QED) is 0.847. The minimum Gasteiger partial charge on any atom is -0.384 e. The van der Waals surface area contributed by atoms with Crippen molar-refractivity contribution in [1.29, 1.82) is 0 Å². The van der Waals surface area contributed by atoms with Gasteiger partial charge in [0, 0.05) is 38.7 Å². The number of ether oxygens (including phenoxy) is 1. The topological polar surface area (TPSA) is 37.4 Å². The molecule has 2 fully saturated rings. The van der Waals surface area contributed by atoms with E-state index in [4.69, 9.17) is 9.72 Å². The molecule has 0 amide bonds. The Balaban J connectivity index is 1.59. The van der Waals surface area contributed by atoms with Crippen molar-refractivity contribution in [3.63, 3.8) is 0 Å². The Hall–Kier alpha value is -1.13. The number of pyridine rings is 1. The van der Waals surface area contributed by atoms with Crippen molar-refractivity contribution in [2.24, 2.45) is 5.92 Å². The third-order valence-corrected chi connectivity index (χ3v) is 3.95. The van der Waals surface area contributed by atoms with Gasteiger partial charge in [0.15, 0.2) is 0 Å². The maximum atomic E-state index is 5.25. The lowest BCUT2D eigenvalue weighted by atomic mass is 10.1. The Morgan fingerprint density at radius 1 is 1.37 bits per heavy atom. The fourth-order valence-corrected chi connectivity index (χ4v) is 2.69. The smallest absolute Gasteiger partial charge is 0.128 e. The molecule has 2 aliphatic rings. The summed E-state index contributed by atoms with van der Waals surface area (Å²) >= 11 is 0. The minimum atomic E-state index is 0.653. The van der Waals surface area contributed by atoms with Crippen molar-refractivity contribution >= 4 is 5.82 Å². The lowest BCUT2D eigenvalue weighted by Crippen LogP contribution is -2.23. The lowest BCUT2D eigenvalue weighted by molar-refractivity contribution is 0.161. The highest BCUT2D eigenvalue weighted by Crippen LogP contribution is 2.23. The van der Waals surface area contributed by atoms with Crippen molar-refractivity contribution < 1.29 is 4.74 Å². The van der Waals surface area contributed by atoms with Gasteiger partial charge in [-0.2, -0.15) is 0 Å². The fourth-order valence-electron chi connectivity index (χ4n) is 2.69. The molecule has 1 saturated carbocycles. The number of hydrogen-bond acceptors (Lipinski definition) is 4. The first-order valence-corrected chi connectivity index (χ1v) is 7.28. The van der Waals surface area contributed by atoms with Crippen LogP contribution in [0.15, 0.2) is 18.2 Å². The van der Waals surface area contributed by atoms with Crippen LogP contribution in [-0.4, -0.2) is 37.8 Å². The molecular formula is C15H23N3O. The van der Waals surface area contributed by atoms with Gasteiger partial charge in [0.1, 0.15) is 5.82 Å². The van der Waals surface area contributed by atoms with Gasteiger partial charge in [0.2, 0.25) is 0 Å². The summed E-state index contributed by atoms with van der Waals surface area (Å²) in [4.78, 5) is 7.15. The minimum absolute atomic E-state index is 0.653. The second-order valence-electron chi connectivity index (χ2n) is 5.70. The molecule has 4 heteroatoms. The molecule has 1 aromatic rings. The molecule has 1 saturated heterocycles. The number of aromatic nitrogens is 1. The lowest BCUT2D eigenvalue weighted by Gasteiger charge is -2.18. The first kappa shape index (κ1) is 12.9. The fraction of sp³-hybridized carbons (Fsp3) is 0.667. The first-order valence-electron chi connectivity index (χ1n) is 7.28. The van der Waals surface area contributed by atoms with Crippen LogP contribution in [0.4, 0.5) is 5.82 Å². The summed E-state index contributed by atoms with van der Waals surface area (Å²) in [5.41, 5.74) is 1.15. The molecule has 1 aliphatic heterocycles. The summed E-state index contributed by atoms with van der Waals surface area (Å²) < 4.78 is 5.25. The van der Waals surface area contributed by atoms with E-state index in [1.54, 1.807) is 7.11 Å². The molecule has 1 aliphatic carbocycles. The second-order valence-corrected chi connectivity index (χ2v) is 5.70. The highest BCUT2D eigenvalue weighted by Gasteiger charge is 2.24. The summed E-state index contributed by atoms with van der Waals surface area (Å²) in [5, 5.41) is 3.52. The highest BCUT2D eigenvalue weighted by atomic mass is 16.5. The summed E-state index contributed by atoms with van der Waals surface area (Å²) in [6.07, 6.45) is 3.86. The SMILES string of the molecule is COCC1CCN(c2cccc(CNC3CC3)n2)C1. The van der Waals surface area contributed by atoms with Gasteiger partial charge in [-0.3, -0.25) is 0 Å². The Labute approximate surface area is 115 Å². The van der Waals surface area contributed by atoms with Gasteiger partial charge in [-0.15, -0.1) is 0 Å². The van der Waals surface area contributed by atoms with Gasteiger partial charge in [0.05, 0.1) is 12.3 Å². The normalized spacial score (nSPS) is 23.0. The van der Waals surface area contributed by atoms with Crippen LogP contribution in [0.3, 0.4) is 0 Å². The predicted octanol–water partition coefficient (Wildman–Crippen LogP) is 1.81. The Morgan fingerprint density at radius 3 is 3.05 bits per heavy atom. The van der Waals surface area contributed by atoms with Gasteiger partial charge >= 0.3 is 0 Å². The summed E-state index contributed by atoms with van der Waals surface area (Å²) in [5.74, 6) is 1.77. The summed E-state index contributed by atoms with van der Waals surface area (Å²) in [6.45, 7) is 3.92. The molecule has 0 aromatic carbocycles. The Bertz CT molecular complexity index is 420. The zero-order valence-electron chi connectivity index (χ0n) is 11.6. The highest BCUT2D eigenvalue weighted by molar-refractivity contribution is 5.40. The predicted molar refractivity (Wildman–Crippen MR) is 76.3 cm³/mol. The molecule has 104 valence electrons. The average molecular weight is 261 g/mol. The van der Waals surface area contributed by atoms with Crippen molar-refractivity contribution in [3.05, 3.63) is 23.9 Å². The number of hydrogen-bond donors (Lipinski definition) is 1. The van der Waals surface area contributed by atoms with E-state index < -0.39 is 0 Å². The van der Waals surface area contributed by atoms with E-state index in [1.165, 1.54) is 19.3 Å². The largest absolute Gasteiger partial charge is 0.384 e. The zero-order valence-corrected chi connectivity index (χ0v) is 11.6. The zero-order chi connectivity index (χ0) is 13.1. The number of rotatable bonds is 6. The standard InChI is InChI=1S/C15H23N3O/c1-19-11-12-7-8-18(10-12)15-4-2-3-14(17-15)9-16-13-5-6-13/h2-4,12-13,16H,5-11H2,1H3. The summed E-state index contributed by atoms with van der Waals surface area (Å²) in [6, 6.07) is 7.09. The maximum Gasteiger partial charge on any atom is 0.128 e. The second kappa shape index (κ2) is 5.88. The van der Waals surface area contributed by atoms with Gasteiger partial charge in [-0.25, -0.2) is 4.98 Å². The van der Waals surface area contributed by atoms with E-state index in [1.807, 2.05) is 0 Å². The number of nitrogens with one attached hydrogen (secondary N) is 1. The first-order chi connectivity index (χ1) is 9.35. The van der Waals surface area contributed by atoms with Crippen molar-refractivity contribution in [1.82, 2.24) is 10.3 Å². The van der Waals surface area contributed by atoms with Crippen molar-refractivity contribution in [2.45, 2.75) is 31.8 Å². The van der Waals surface area contributed by atoms with E-state index >= 15 is 0 Å². The maximum absolute atomic E-state index is 5.25. The van der Waals surface area contributed by atoms with Gasteiger partial charge in [0.25, 0.3) is 0 Å². The molecule has 1 aromatic heterocycles. The summed E-state index contributed by atoms with van der Waals surface area (Å²) in [7, 11) is 1.78. The third kappa shape index (κ3) is 3.45. The number of anilines is 1. The molecule has 3 rings (SSSR count). The molecule has 19 heavy (non-hydrogen) atoms. The number of nitrogens with zero attached hydrogens (tertiary/aromatic N) is 2. The molecule has 4 nitrogen and oxygen atoms in total. The molecular weight excluding hydrogens is 238 g/mol. The molecule has 1 N–H and O–H groups in total. The Kier molecular flexibility index (Phi) is 3.99.